The maximum Gasteiger partial charge on any atom is 0.0231 e. The number of hydrogen-bond donors (Lipinski definition) is 0. The van der Waals surface area contributed by atoms with Crippen LogP contribution in [0.1, 0.15) is 32.1 Å². The molecule has 0 heterocycles. The van der Waals surface area contributed by atoms with Crippen LogP contribution < -0.4 is 0 Å². The summed E-state index contributed by atoms with van der Waals surface area (Å²) in [7, 11) is 0. The van der Waals surface area contributed by atoms with Crippen molar-refractivity contribution in [3.8, 4) is 0 Å². The van der Waals surface area contributed by atoms with E-state index in [1.165, 1.54) is 37.7 Å². The van der Waals surface area contributed by atoms with Crippen LogP contribution in [0.4, 0.5) is 0 Å². The molecule has 0 aliphatic heterocycles. The number of hydrogen-bond acceptors (Lipinski definition) is 0. The minimum Gasteiger partial charge on any atom is -0.114 e. The van der Waals surface area contributed by atoms with Gasteiger partial charge in [-0.2, -0.15) is 0 Å². The summed E-state index contributed by atoms with van der Waals surface area (Å²) in [5.74, 6) is 0. The summed E-state index contributed by atoms with van der Waals surface area (Å²) in [4.78, 5) is 1.84. The quantitative estimate of drug-likeness (QED) is 0.422. The van der Waals surface area contributed by atoms with E-state index in [-0.39, 0.29) is 0 Å². The van der Waals surface area contributed by atoms with Crippen LogP contribution in [-0.2, 0) is 0 Å². The fourth-order valence-electron chi connectivity index (χ4n) is 1.27. The number of halogens is 1. The lowest BCUT2D eigenvalue weighted by atomic mass is 10.0. The Morgan fingerprint density at radius 3 is 2.91 bits per heavy atom. The Hall–Kier alpha value is -0.260. The molecule has 0 bridgehead atoms. The normalized spacial score (nSPS) is 21.4. The lowest BCUT2D eigenvalue weighted by Gasteiger charge is -2.04. The van der Waals surface area contributed by atoms with Gasteiger partial charge in [-0.05, 0) is 37.7 Å². The minimum absolute atomic E-state index is 1.18. The van der Waals surface area contributed by atoms with Gasteiger partial charge >= 0.3 is 0 Å². The molecule has 0 atom stereocenters. The van der Waals surface area contributed by atoms with E-state index in [4.69, 9.17) is 0 Å². The average molecular weight is 213 g/mol. The lowest BCUT2D eigenvalue weighted by molar-refractivity contribution is 0.767. The molecule has 0 saturated heterocycles. The SMILES string of the molecule is BrC=C=C1CC/C=C\CCC1. The zero-order valence-corrected chi connectivity index (χ0v) is 8.23. The first-order valence-corrected chi connectivity index (χ1v) is 5.03. The van der Waals surface area contributed by atoms with Crippen LogP contribution in [0.3, 0.4) is 0 Å². The summed E-state index contributed by atoms with van der Waals surface area (Å²) >= 11 is 3.25. The molecule has 0 N–H and O–H groups in total. The Labute approximate surface area is 76.8 Å². The van der Waals surface area contributed by atoms with Crippen LogP contribution in [0.2, 0.25) is 0 Å². The van der Waals surface area contributed by atoms with E-state index in [2.05, 4.69) is 33.8 Å². The Balaban J connectivity index is 2.55. The summed E-state index contributed by atoms with van der Waals surface area (Å²) in [6.07, 6.45) is 10.6. The molecule has 0 saturated carbocycles. The molecular formula is C10H13Br. The van der Waals surface area contributed by atoms with Gasteiger partial charge in [0.25, 0.3) is 0 Å². The van der Waals surface area contributed by atoms with E-state index < -0.39 is 0 Å². The molecule has 1 heteroatoms. The second-order valence-electron chi connectivity index (χ2n) is 2.76. The highest BCUT2D eigenvalue weighted by Crippen LogP contribution is 2.16. The van der Waals surface area contributed by atoms with Gasteiger partial charge in [-0.3, -0.25) is 0 Å². The van der Waals surface area contributed by atoms with Crippen molar-refractivity contribution in [2.45, 2.75) is 32.1 Å². The second-order valence-corrected chi connectivity index (χ2v) is 3.22. The molecule has 0 aromatic rings. The van der Waals surface area contributed by atoms with Gasteiger partial charge in [0.05, 0.1) is 0 Å². The monoisotopic (exact) mass is 212 g/mol. The fourth-order valence-corrected chi connectivity index (χ4v) is 1.60. The Bertz CT molecular complexity index is 195. The molecule has 1 rings (SSSR count). The molecule has 0 spiro atoms. The van der Waals surface area contributed by atoms with Crippen LogP contribution >= 0.6 is 15.9 Å². The first-order valence-electron chi connectivity index (χ1n) is 4.11. The fraction of sp³-hybridized carbons (Fsp3) is 0.500. The highest BCUT2D eigenvalue weighted by atomic mass is 79.9. The molecule has 0 aromatic heterocycles. The Morgan fingerprint density at radius 1 is 1.27 bits per heavy atom. The maximum atomic E-state index is 3.25. The van der Waals surface area contributed by atoms with Gasteiger partial charge in [-0.1, -0.05) is 28.1 Å². The van der Waals surface area contributed by atoms with Crippen molar-refractivity contribution in [3.05, 3.63) is 28.4 Å². The molecule has 0 nitrogen and oxygen atoms in total. The summed E-state index contributed by atoms with van der Waals surface area (Å²) in [5, 5.41) is 0. The molecule has 60 valence electrons. The smallest absolute Gasteiger partial charge is 0.0231 e. The largest absolute Gasteiger partial charge is 0.114 e. The van der Waals surface area contributed by atoms with Crippen molar-refractivity contribution in [2.75, 3.05) is 0 Å². The van der Waals surface area contributed by atoms with E-state index in [0.717, 1.165) is 0 Å². The molecule has 11 heavy (non-hydrogen) atoms. The van der Waals surface area contributed by atoms with Crippen molar-refractivity contribution < 1.29 is 0 Å². The first kappa shape index (κ1) is 8.83. The van der Waals surface area contributed by atoms with Crippen molar-refractivity contribution in [3.63, 3.8) is 0 Å². The van der Waals surface area contributed by atoms with E-state index in [0.29, 0.717) is 0 Å². The number of rotatable bonds is 0. The average Bonchev–Trinajstić information content (AvgIpc) is 1.94. The predicted octanol–water partition coefficient (Wildman–Crippen LogP) is 3.94. The summed E-state index contributed by atoms with van der Waals surface area (Å²) in [6.45, 7) is 0. The van der Waals surface area contributed by atoms with Gasteiger partial charge in [-0.25, -0.2) is 0 Å². The predicted molar refractivity (Wildman–Crippen MR) is 52.7 cm³/mol. The summed E-state index contributed by atoms with van der Waals surface area (Å²) < 4.78 is 0. The molecule has 0 radical (unpaired) electrons. The maximum absolute atomic E-state index is 3.25. The third kappa shape index (κ3) is 3.60. The molecular weight excluding hydrogens is 200 g/mol. The van der Waals surface area contributed by atoms with Crippen molar-refractivity contribution >= 4 is 15.9 Å². The summed E-state index contributed by atoms with van der Waals surface area (Å²) in [6, 6.07) is 0. The van der Waals surface area contributed by atoms with E-state index in [1.807, 2.05) is 4.99 Å². The van der Waals surface area contributed by atoms with Gasteiger partial charge in [0.15, 0.2) is 0 Å². The van der Waals surface area contributed by atoms with Gasteiger partial charge in [0, 0.05) is 4.99 Å². The highest BCUT2D eigenvalue weighted by molar-refractivity contribution is 9.11. The standard InChI is InChI=1S/C10H13Br/c11-9-8-10-6-4-2-1-3-5-7-10/h1-2,9H,3-7H2/b2-1-. The zero-order valence-electron chi connectivity index (χ0n) is 6.65. The van der Waals surface area contributed by atoms with Gasteiger partial charge < -0.3 is 0 Å². The molecule has 0 aromatic carbocycles. The van der Waals surface area contributed by atoms with Crippen LogP contribution in [0.5, 0.6) is 0 Å². The van der Waals surface area contributed by atoms with E-state index >= 15 is 0 Å². The number of allylic oxidation sites excluding steroid dienone is 3. The van der Waals surface area contributed by atoms with Crippen LogP contribution in [0, 0.1) is 0 Å². The zero-order chi connectivity index (χ0) is 7.94. The van der Waals surface area contributed by atoms with Gasteiger partial charge in [-0.15, -0.1) is 5.73 Å². The first-order chi connectivity index (χ1) is 5.43. The van der Waals surface area contributed by atoms with Gasteiger partial charge in [0.1, 0.15) is 0 Å². The lowest BCUT2D eigenvalue weighted by Crippen LogP contribution is -1.85. The van der Waals surface area contributed by atoms with Crippen molar-refractivity contribution in [1.29, 1.82) is 0 Å². The third-order valence-corrected chi connectivity index (χ3v) is 2.12. The van der Waals surface area contributed by atoms with E-state index in [1.54, 1.807) is 0 Å². The highest BCUT2D eigenvalue weighted by Gasteiger charge is 1.97. The van der Waals surface area contributed by atoms with Crippen LogP contribution in [0.15, 0.2) is 28.4 Å². The van der Waals surface area contributed by atoms with Crippen molar-refractivity contribution in [2.24, 2.45) is 0 Å². The van der Waals surface area contributed by atoms with Crippen LogP contribution in [0.25, 0.3) is 0 Å². The molecule has 1 aliphatic rings. The molecule has 0 fully saturated rings. The van der Waals surface area contributed by atoms with Gasteiger partial charge in [0.2, 0.25) is 0 Å². The molecule has 1 aliphatic carbocycles. The minimum atomic E-state index is 1.18. The molecule has 0 unspecified atom stereocenters. The Kier molecular flexibility index (Phi) is 4.33. The summed E-state index contributed by atoms with van der Waals surface area (Å²) in [5.41, 5.74) is 4.68. The Morgan fingerprint density at radius 2 is 2.09 bits per heavy atom. The molecule has 0 amide bonds. The van der Waals surface area contributed by atoms with Crippen LogP contribution in [-0.4, -0.2) is 0 Å². The van der Waals surface area contributed by atoms with Crippen molar-refractivity contribution in [1.82, 2.24) is 0 Å². The van der Waals surface area contributed by atoms with E-state index in [9.17, 15) is 0 Å². The second kappa shape index (κ2) is 5.40. The topological polar surface area (TPSA) is 0 Å². The third-order valence-electron chi connectivity index (χ3n) is 1.89.